The van der Waals surface area contributed by atoms with Crippen molar-refractivity contribution in [2.24, 2.45) is 0 Å². The van der Waals surface area contributed by atoms with Crippen molar-refractivity contribution in [1.82, 2.24) is 14.8 Å². The molecule has 0 amide bonds. The van der Waals surface area contributed by atoms with E-state index in [0.29, 0.717) is 18.6 Å². The van der Waals surface area contributed by atoms with Crippen molar-refractivity contribution < 1.29 is 9.47 Å². The summed E-state index contributed by atoms with van der Waals surface area (Å²) >= 11 is 1.75. The number of aromatic nitrogens is 3. The first-order valence-corrected chi connectivity index (χ1v) is 9.33. The molecule has 0 saturated heterocycles. The summed E-state index contributed by atoms with van der Waals surface area (Å²) in [5.41, 5.74) is 0. The molecule has 2 fully saturated rings. The van der Waals surface area contributed by atoms with Gasteiger partial charge in [0.25, 0.3) is 0 Å². The molecule has 0 radical (unpaired) electrons. The van der Waals surface area contributed by atoms with Crippen LogP contribution in [0.15, 0.2) is 29.4 Å². The molecular weight excluding hydrogens is 310 g/mol. The average molecular weight is 329 g/mol. The van der Waals surface area contributed by atoms with Crippen LogP contribution in [0.25, 0.3) is 0 Å². The molecule has 1 aliphatic heterocycles. The normalized spacial score (nSPS) is 23.0. The third-order valence-corrected chi connectivity index (χ3v) is 5.59. The first kappa shape index (κ1) is 13.7. The van der Waals surface area contributed by atoms with Gasteiger partial charge in [-0.2, -0.15) is 0 Å². The number of para-hydroxylation sites is 2. The highest BCUT2D eigenvalue weighted by Crippen LogP contribution is 2.46. The van der Waals surface area contributed by atoms with Gasteiger partial charge in [-0.1, -0.05) is 23.9 Å². The molecule has 2 saturated carbocycles. The number of hydrogen-bond acceptors (Lipinski definition) is 5. The molecule has 0 unspecified atom stereocenters. The highest BCUT2D eigenvalue weighted by atomic mass is 32.2. The Morgan fingerprint density at radius 1 is 1.09 bits per heavy atom. The molecule has 120 valence electrons. The van der Waals surface area contributed by atoms with Crippen LogP contribution in [0.3, 0.4) is 0 Å². The zero-order valence-corrected chi connectivity index (χ0v) is 13.7. The predicted octanol–water partition coefficient (Wildman–Crippen LogP) is 3.42. The molecule has 5 rings (SSSR count). The molecule has 6 heteroatoms. The van der Waals surface area contributed by atoms with E-state index in [4.69, 9.17) is 9.47 Å². The molecule has 2 aromatic rings. The molecule has 0 spiro atoms. The van der Waals surface area contributed by atoms with Gasteiger partial charge in [0.15, 0.2) is 16.7 Å². The topological polar surface area (TPSA) is 49.2 Å². The summed E-state index contributed by atoms with van der Waals surface area (Å²) < 4.78 is 14.2. The standard InChI is InChI=1S/C17H19N3O2S/c1-2-4-15-14(3-1)21-9-13(22-15)10-23-17-19-18-16(11-5-6-11)20(17)12-7-8-12/h1-4,11-13H,5-10H2/t13-/m1/s1. The van der Waals surface area contributed by atoms with Gasteiger partial charge in [-0.25, -0.2) is 0 Å². The molecular formula is C17H19N3O2S. The summed E-state index contributed by atoms with van der Waals surface area (Å²) in [4.78, 5) is 0. The molecule has 0 bridgehead atoms. The van der Waals surface area contributed by atoms with E-state index in [2.05, 4.69) is 14.8 Å². The Morgan fingerprint density at radius 3 is 2.70 bits per heavy atom. The summed E-state index contributed by atoms with van der Waals surface area (Å²) in [6.45, 7) is 0.594. The van der Waals surface area contributed by atoms with E-state index in [-0.39, 0.29) is 6.10 Å². The smallest absolute Gasteiger partial charge is 0.191 e. The molecule has 1 atom stereocenters. The number of hydrogen-bond donors (Lipinski definition) is 0. The van der Waals surface area contributed by atoms with Crippen LogP contribution >= 0.6 is 11.8 Å². The number of thioether (sulfide) groups is 1. The number of benzene rings is 1. The SMILES string of the molecule is c1ccc2c(c1)OC[C@H](CSc1nnc(C3CC3)n1C1CC1)O2. The minimum atomic E-state index is 0.0589. The Balaban J connectivity index is 1.28. The molecule has 3 aliphatic rings. The predicted molar refractivity (Wildman–Crippen MR) is 87.3 cm³/mol. The maximum atomic E-state index is 6.03. The summed E-state index contributed by atoms with van der Waals surface area (Å²) in [5, 5.41) is 9.96. The van der Waals surface area contributed by atoms with Crippen LogP contribution in [0.5, 0.6) is 11.5 Å². The molecule has 0 N–H and O–H groups in total. The van der Waals surface area contributed by atoms with E-state index in [9.17, 15) is 0 Å². The van der Waals surface area contributed by atoms with Crippen LogP contribution in [0.1, 0.15) is 43.5 Å². The summed E-state index contributed by atoms with van der Waals surface area (Å²) in [5.74, 6) is 4.38. The van der Waals surface area contributed by atoms with Crippen molar-refractivity contribution >= 4 is 11.8 Å². The lowest BCUT2D eigenvalue weighted by atomic mass is 10.3. The van der Waals surface area contributed by atoms with Gasteiger partial charge in [0.1, 0.15) is 18.5 Å². The number of rotatable bonds is 5. The van der Waals surface area contributed by atoms with Crippen LogP contribution < -0.4 is 9.47 Å². The second-order valence-corrected chi connectivity index (χ2v) is 7.51. The van der Waals surface area contributed by atoms with E-state index < -0.39 is 0 Å². The lowest BCUT2D eigenvalue weighted by molar-refractivity contribution is 0.107. The first-order valence-electron chi connectivity index (χ1n) is 8.34. The summed E-state index contributed by atoms with van der Waals surface area (Å²) in [6, 6.07) is 8.49. The van der Waals surface area contributed by atoms with E-state index in [1.165, 1.54) is 31.5 Å². The van der Waals surface area contributed by atoms with Crippen molar-refractivity contribution in [3.63, 3.8) is 0 Å². The first-order chi connectivity index (χ1) is 11.4. The lowest BCUT2D eigenvalue weighted by Crippen LogP contribution is -2.31. The molecule has 1 aromatic carbocycles. The van der Waals surface area contributed by atoms with Crippen molar-refractivity contribution in [3.05, 3.63) is 30.1 Å². The van der Waals surface area contributed by atoms with Gasteiger partial charge in [-0.3, -0.25) is 0 Å². The third kappa shape index (κ3) is 2.69. The maximum Gasteiger partial charge on any atom is 0.191 e. The summed E-state index contributed by atoms with van der Waals surface area (Å²) in [6.07, 6.45) is 5.13. The van der Waals surface area contributed by atoms with Gasteiger partial charge >= 0.3 is 0 Å². The fraction of sp³-hybridized carbons (Fsp3) is 0.529. The van der Waals surface area contributed by atoms with Gasteiger partial charge in [-0.15, -0.1) is 10.2 Å². The largest absolute Gasteiger partial charge is 0.486 e. The molecule has 2 aliphatic carbocycles. The van der Waals surface area contributed by atoms with Crippen LogP contribution in [0, 0.1) is 0 Å². The van der Waals surface area contributed by atoms with Crippen molar-refractivity contribution in [3.8, 4) is 11.5 Å². The van der Waals surface area contributed by atoms with Crippen LogP contribution in [-0.4, -0.2) is 33.2 Å². The fourth-order valence-corrected chi connectivity index (χ4v) is 3.97. The minimum Gasteiger partial charge on any atom is -0.486 e. The van der Waals surface area contributed by atoms with Crippen molar-refractivity contribution in [1.29, 1.82) is 0 Å². The van der Waals surface area contributed by atoms with Gasteiger partial charge in [-0.05, 0) is 37.8 Å². The van der Waals surface area contributed by atoms with Gasteiger partial charge < -0.3 is 14.0 Å². The maximum absolute atomic E-state index is 6.03. The van der Waals surface area contributed by atoms with Crippen LogP contribution in [0.2, 0.25) is 0 Å². The monoisotopic (exact) mass is 329 g/mol. The number of nitrogens with zero attached hydrogens (tertiary/aromatic N) is 3. The Kier molecular flexibility index (Phi) is 3.25. The van der Waals surface area contributed by atoms with Crippen molar-refractivity contribution in [2.75, 3.05) is 12.4 Å². The second-order valence-electron chi connectivity index (χ2n) is 6.52. The van der Waals surface area contributed by atoms with E-state index in [1.807, 2.05) is 24.3 Å². The Labute approximate surface area is 139 Å². The summed E-state index contributed by atoms with van der Waals surface area (Å²) in [7, 11) is 0. The zero-order chi connectivity index (χ0) is 15.2. The van der Waals surface area contributed by atoms with Gasteiger partial charge in [0.2, 0.25) is 0 Å². The quantitative estimate of drug-likeness (QED) is 0.787. The highest BCUT2D eigenvalue weighted by molar-refractivity contribution is 7.99. The van der Waals surface area contributed by atoms with E-state index in [0.717, 1.165) is 22.4 Å². The minimum absolute atomic E-state index is 0.0589. The fourth-order valence-electron chi connectivity index (χ4n) is 3.00. The average Bonchev–Trinajstić information content (AvgIpc) is 3.51. The lowest BCUT2D eigenvalue weighted by Gasteiger charge is -2.26. The Hall–Kier alpha value is -1.69. The van der Waals surface area contributed by atoms with Crippen molar-refractivity contribution in [2.45, 2.75) is 48.9 Å². The molecule has 5 nitrogen and oxygen atoms in total. The van der Waals surface area contributed by atoms with E-state index >= 15 is 0 Å². The second kappa shape index (κ2) is 5.44. The Bertz CT molecular complexity index is 724. The van der Waals surface area contributed by atoms with Crippen LogP contribution in [-0.2, 0) is 0 Å². The molecule has 23 heavy (non-hydrogen) atoms. The third-order valence-electron chi connectivity index (χ3n) is 4.51. The molecule has 1 aromatic heterocycles. The zero-order valence-electron chi connectivity index (χ0n) is 12.9. The highest BCUT2D eigenvalue weighted by Gasteiger charge is 2.36. The Morgan fingerprint density at radius 2 is 1.91 bits per heavy atom. The van der Waals surface area contributed by atoms with Crippen LogP contribution in [0.4, 0.5) is 0 Å². The van der Waals surface area contributed by atoms with Gasteiger partial charge in [0, 0.05) is 17.7 Å². The van der Waals surface area contributed by atoms with E-state index in [1.54, 1.807) is 11.8 Å². The van der Waals surface area contributed by atoms with Gasteiger partial charge in [0.05, 0.1) is 0 Å². The molecule has 2 heterocycles. The number of ether oxygens (including phenoxy) is 2. The number of fused-ring (bicyclic) bond motifs is 1.